The Hall–Kier alpha value is -2.14. The van der Waals surface area contributed by atoms with Crippen LogP contribution in [-0.4, -0.2) is 21.3 Å². The van der Waals surface area contributed by atoms with E-state index in [1.54, 1.807) is 7.11 Å². The van der Waals surface area contributed by atoms with Crippen molar-refractivity contribution in [3.8, 4) is 17.2 Å². The zero-order valence-electron chi connectivity index (χ0n) is 20.7. The van der Waals surface area contributed by atoms with Gasteiger partial charge in [-0.2, -0.15) is 4.52 Å². The molecule has 0 saturated carbocycles. The van der Waals surface area contributed by atoms with E-state index in [0.717, 1.165) is 16.7 Å². The van der Waals surface area contributed by atoms with Gasteiger partial charge in [-0.1, -0.05) is 54.6 Å². The third kappa shape index (κ3) is 7.67. The third-order valence-corrected chi connectivity index (χ3v) is 10.3. The van der Waals surface area contributed by atoms with Gasteiger partial charge in [0, 0.05) is 7.11 Å². The molecular weight excluding hydrogens is 505 g/mol. The van der Waals surface area contributed by atoms with Gasteiger partial charge in [-0.15, -0.1) is 4.52 Å². The molecule has 3 atom stereocenters. The van der Waals surface area contributed by atoms with E-state index in [4.69, 9.17) is 31.7 Å². The summed E-state index contributed by atoms with van der Waals surface area (Å²) >= 11 is 0. The van der Waals surface area contributed by atoms with Gasteiger partial charge in [0.2, 0.25) is 4.52 Å². The first-order chi connectivity index (χ1) is 16.9. The Morgan fingerprint density at radius 3 is 1.74 bits per heavy atom. The second-order valence-corrected chi connectivity index (χ2v) is 12.5. The maximum Gasteiger partial charge on any atom is 0.659 e. The highest BCUT2D eigenvalue weighted by Gasteiger charge is 2.56. The van der Waals surface area contributed by atoms with Gasteiger partial charge in [-0.05, 0) is 60.5 Å². The second-order valence-electron chi connectivity index (χ2n) is 7.32. The maximum absolute atomic E-state index is 6.41. The lowest BCUT2D eigenvalue weighted by Crippen LogP contribution is -2.19. The van der Waals surface area contributed by atoms with Crippen molar-refractivity contribution < 1.29 is 27.1 Å². The molecule has 0 spiro atoms. The number of hydrogen-bond donors (Lipinski definition) is 1. The summed E-state index contributed by atoms with van der Waals surface area (Å²) in [7, 11) is -2.12. The Morgan fingerprint density at radius 2 is 1.26 bits per heavy atom. The van der Waals surface area contributed by atoms with Gasteiger partial charge in [-0.25, -0.2) is 4.52 Å². The van der Waals surface area contributed by atoms with Crippen molar-refractivity contribution >= 4 is 24.7 Å². The minimum absolute atomic E-state index is 0.614. The predicted molar refractivity (Wildman–Crippen MR) is 143 cm³/mol. The fraction of sp³-hybridized carbons (Fsp3) is 0.250. The number of para-hydroxylation sites is 3. The van der Waals surface area contributed by atoms with Crippen LogP contribution in [0.15, 0.2) is 77.3 Å². The van der Waals surface area contributed by atoms with E-state index in [2.05, 4.69) is 4.86 Å². The maximum atomic E-state index is 6.41. The van der Waals surface area contributed by atoms with Crippen molar-refractivity contribution in [2.45, 2.75) is 20.8 Å². The van der Waals surface area contributed by atoms with Crippen molar-refractivity contribution in [1.82, 2.24) is 4.86 Å². The van der Waals surface area contributed by atoms with Crippen molar-refractivity contribution in [3.63, 3.8) is 0 Å². The molecule has 186 valence electrons. The molecule has 0 amide bonds. The van der Waals surface area contributed by atoms with Crippen LogP contribution in [0.1, 0.15) is 16.7 Å². The topological polar surface area (TPSA) is 79.8 Å². The zero-order chi connectivity index (χ0) is 25.3. The van der Waals surface area contributed by atoms with Gasteiger partial charge in [0.15, 0.2) is 11.5 Å². The molecule has 0 aromatic heterocycles. The highest BCUT2D eigenvalue weighted by Crippen LogP contribution is 2.66. The van der Waals surface area contributed by atoms with Crippen LogP contribution >= 0.6 is 24.7 Å². The molecule has 0 fully saturated rings. The fourth-order valence-electron chi connectivity index (χ4n) is 2.85. The van der Waals surface area contributed by atoms with Crippen LogP contribution in [0, 0.1) is 20.8 Å². The van der Waals surface area contributed by atoms with Gasteiger partial charge < -0.3 is 9.05 Å². The van der Waals surface area contributed by atoms with Gasteiger partial charge in [0.05, 0.1) is 14.2 Å². The van der Waals surface area contributed by atoms with Crippen LogP contribution in [0.5, 0.6) is 17.2 Å². The fourth-order valence-corrected chi connectivity index (χ4v) is 8.27. The summed E-state index contributed by atoms with van der Waals surface area (Å²) in [6, 6.07) is 23.0. The molecule has 0 aliphatic heterocycles. The van der Waals surface area contributed by atoms with Gasteiger partial charge in [0.1, 0.15) is 5.75 Å². The quantitative estimate of drug-likeness (QED) is 0.235. The minimum Gasteiger partial charge on any atom is -0.434 e. The number of benzene rings is 3. The average molecular weight is 536 g/mol. The molecule has 11 heteroatoms. The lowest BCUT2D eigenvalue weighted by Gasteiger charge is -2.20. The van der Waals surface area contributed by atoms with E-state index in [1.807, 2.05) is 93.6 Å². The van der Waals surface area contributed by atoms with Gasteiger partial charge in [-0.3, -0.25) is 4.52 Å². The molecule has 8 nitrogen and oxygen atoms in total. The molecule has 3 aromatic rings. The Labute approximate surface area is 210 Å². The summed E-state index contributed by atoms with van der Waals surface area (Å²) in [5.41, 5.74) is 2.86. The lowest BCUT2D eigenvalue weighted by atomic mass is 10.2. The van der Waals surface area contributed by atoms with Gasteiger partial charge >= 0.3 is 24.7 Å². The van der Waals surface area contributed by atoms with Crippen molar-refractivity contribution in [3.05, 3.63) is 89.5 Å². The molecule has 3 aromatic carbocycles. The van der Waals surface area contributed by atoms with Crippen LogP contribution in [0.3, 0.4) is 0 Å². The molecule has 0 aliphatic carbocycles. The normalized spacial score (nSPS) is 14.2. The molecule has 0 saturated heterocycles. The Kier molecular flexibility index (Phi) is 10.4. The van der Waals surface area contributed by atoms with Crippen LogP contribution in [0.2, 0.25) is 0 Å². The summed E-state index contributed by atoms with van der Waals surface area (Å²) in [6.07, 6.45) is 0. The summed E-state index contributed by atoms with van der Waals surface area (Å²) in [5, 5.41) is 0. The monoisotopic (exact) mass is 536 g/mol. The van der Waals surface area contributed by atoms with Gasteiger partial charge in [0.25, 0.3) is 0 Å². The molecule has 0 bridgehead atoms. The van der Waals surface area contributed by atoms with Crippen molar-refractivity contribution in [2.75, 3.05) is 21.3 Å². The number of hydrogen-bond acceptors (Lipinski definition) is 8. The molecule has 3 rings (SSSR count). The largest absolute Gasteiger partial charge is 0.659 e. The van der Waals surface area contributed by atoms with Crippen molar-refractivity contribution in [1.29, 1.82) is 0 Å². The smallest absolute Gasteiger partial charge is 0.434 e. The highest BCUT2D eigenvalue weighted by molar-refractivity contribution is 7.75. The Morgan fingerprint density at radius 1 is 0.743 bits per heavy atom. The number of nitrogens with zero attached hydrogens (tertiary/aromatic N) is 1. The molecule has 0 radical (unpaired) electrons. The summed E-state index contributed by atoms with van der Waals surface area (Å²) in [6.45, 7) is 5.87. The van der Waals surface area contributed by atoms with E-state index >= 15 is 0 Å². The average Bonchev–Trinajstić information content (AvgIpc) is 2.87. The number of rotatable bonds is 12. The number of aryl methyl sites for hydroxylation is 3. The Balaban J connectivity index is 1.99. The zero-order valence-corrected chi connectivity index (χ0v) is 23.3. The van der Waals surface area contributed by atoms with Crippen LogP contribution in [-0.2, 0) is 13.6 Å². The first-order valence-corrected chi connectivity index (χ1v) is 14.6. The summed E-state index contributed by atoms with van der Waals surface area (Å²) in [4.78, 5) is 3.26. The van der Waals surface area contributed by atoms with E-state index in [1.165, 1.54) is 14.2 Å². The van der Waals surface area contributed by atoms with E-state index in [-0.39, 0.29) is 0 Å². The summed E-state index contributed by atoms with van der Waals surface area (Å²) in [5.74, 6) is 1.96. The molecule has 3 unspecified atom stereocenters. The number of nitrogens with one attached hydrogen (secondary N) is 1. The second kappa shape index (κ2) is 13.2. The molecule has 35 heavy (non-hydrogen) atoms. The highest BCUT2D eigenvalue weighted by atomic mass is 31.3. The first kappa shape index (κ1) is 27.4. The SMILES string of the molecule is COP(N[P+](N=[P+](OC)Oc1ccccc1C)(OC)Oc1ccccc1C)Oc1ccccc1C. The minimum atomic E-state index is -3.24. The van der Waals surface area contributed by atoms with Crippen molar-refractivity contribution in [2.24, 2.45) is 4.52 Å². The standard InChI is InChI=1S/C24H31N2O6P3/c1-19-13-7-10-16-22(19)30-33(27-4)25-35(29-6,32-24-18-12-9-15-21(24)3)26-34(28-5)31-23-17-11-8-14-20(23)2/h7-18,25H,1-6H3/q+2. The van der Waals surface area contributed by atoms with E-state index < -0.39 is 24.7 Å². The first-order valence-electron chi connectivity index (χ1n) is 10.8. The van der Waals surface area contributed by atoms with E-state index in [9.17, 15) is 0 Å². The molecular formula is C24H31N2O6P3+2. The van der Waals surface area contributed by atoms with E-state index in [0.29, 0.717) is 17.2 Å². The molecule has 1 N–H and O–H groups in total. The molecule has 0 aliphatic rings. The summed E-state index contributed by atoms with van der Waals surface area (Å²) < 4.78 is 40.6. The lowest BCUT2D eigenvalue weighted by molar-refractivity contribution is 0.350. The van der Waals surface area contributed by atoms with Crippen LogP contribution in [0.25, 0.3) is 0 Å². The predicted octanol–water partition coefficient (Wildman–Crippen LogP) is 8.08. The van der Waals surface area contributed by atoms with Crippen LogP contribution < -0.4 is 18.4 Å². The third-order valence-electron chi connectivity index (χ3n) is 4.83. The molecule has 0 heterocycles. The Bertz CT molecular complexity index is 1150. The van der Waals surface area contributed by atoms with Crippen LogP contribution in [0.4, 0.5) is 0 Å².